The van der Waals surface area contributed by atoms with Crippen LogP contribution in [-0.2, 0) is 23.9 Å². The van der Waals surface area contributed by atoms with Gasteiger partial charge in [0, 0.05) is 25.4 Å². The van der Waals surface area contributed by atoms with E-state index in [4.69, 9.17) is 9.47 Å². The van der Waals surface area contributed by atoms with E-state index in [0.717, 1.165) is 29.7 Å². The molecule has 4 rings (SSSR count). The van der Waals surface area contributed by atoms with Crippen LogP contribution in [0.3, 0.4) is 0 Å². The van der Waals surface area contributed by atoms with E-state index < -0.39 is 35.0 Å². The molecule has 0 radical (unpaired) electrons. The van der Waals surface area contributed by atoms with Crippen LogP contribution in [0.15, 0.2) is 43.5 Å². The van der Waals surface area contributed by atoms with E-state index in [0.29, 0.717) is 19.3 Å². The fourth-order valence-corrected chi connectivity index (χ4v) is 7.11. The summed E-state index contributed by atoms with van der Waals surface area (Å²) < 4.78 is 12.5. The summed E-state index contributed by atoms with van der Waals surface area (Å²) in [6.07, 6.45) is 6.71. The second-order valence-electron chi connectivity index (χ2n) is 11.8. The van der Waals surface area contributed by atoms with Crippen molar-refractivity contribution in [3.05, 3.63) is 54.6 Å². The van der Waals surface area contributed by atoms with Gasteiger partial charge in [-0.1, -0.05) is 31.2 Å². The number of hydrogen-bond acceptors (Lipinski definition) is 6. The first-order valence-corrected chi connectivity index (χ1v) is 14.5. The zero-order chi connectivity index (χ0) is 29.2. The SMILES string of the molecule is C=CCCCCOC(=O)[C@H]1[C@H]2C(=O)N(CCCO)C(C(=O)N(CC=C)c3cc(C)ccc3C)C23CC(C)[C@]1(C)O3. The first-order valence-electron chi connectivity index (χ1n) is 14.5. The van der Waals surface area contributed by atoms with Gasteiger partial charge in [0.2, 0.25) is 5.91 Å². The van der Waals surface area contributed by atoms with Gasteiger partial charge >= 0.3 is 5.97 Å². The van der Waals surface area contributed by atoms with Gasteiger partial charge in [-0.2, -0.15) is 0 Å². The lowest BCUT2D eigenvalue weighted by Crippen LogP contribution is -2.57. The van der Waals surface area contributed by atoms with Crippen LogP contribution in [0.2, 0.25) is 0 Å². The number of aliphatic hydroxyl groups is 1. The van der Waals surface area contributed by atoms with Gasteiger partial charge in [0.05, 0.1) is 18.1 Å². The van der Waals surface area contributed by atoms with Crippen molar-refractivity contribution in [2.24, 2.45) is 17.8 Å². The Labute approximate surface area is 238 Å². The van der Waals surface area contributed by atoms with Crippen LogP contribution in [0, 0.1) is 31.6 Å². The predicted octanol–water partition coefficient (Wildman–Crippen LogP) is 4.12. The molecular formula is C32H44N2O6. The van der Waals surface area contributed by atoms with Crippen LogP contribution in [0.1, 0.15) is 57.1 Å². The first kappa shape index (κ1) is 30.0. The second-order valence-corrected chi connectivity index (χ2v) is 11.8. The minimum absolute atomic E-state index is 0.0727. The number of nitrogens with zero attached hydrogens (tertiary/aromatic N) is 2. The van der Waals surface area contributed by atoms with Gasteiger partial charge < -0.3 is 24.4 Å². The summed E-state index contributed by atoms with van der Waals surface area (Å²) in [6, 6.07) is 4.99. The fraction of sp³-hybridized carbons (Fsp3) is 0.594. The average molecular weight is 553 g/mol. The van der Waals surface area contributed by atoms with Crippen LogP contribution in [0.5, 0.6) is 0 Å². The average Bonchev–Trinajstić information content (AvgIpc) is 3.43. The van der Waals surface area contributed by atoms with E-state index in [9.17, 15) is 19.5 Å². The Bertz CT molecular complexity index is 1170. The lowest BCUT2D eigenvalue weighted by Gasteiger charge is -2.37. The molecule has 3 fully saturated rings. The van der Waals surface area contributed by atoms with Crippen molar-refractivity contribution in [1.82, 2.24) is 4.90 Å². The predicted molar refractivity (Wildman–Crippen MR) is 154 cm³/mol. The number of carbonyl (C=O) groups is 3. The molecule has 3 heterocycles. The van der Waals surface area contributed by atoms with Crippen molar-refractivity contribution in [2.75, 3.05) is 31.2 Å². The molecule has 40 heavy (non-hydrogen) atoms. The molecule has 1 aromatic carbocycles. The Hall–Kier alpha value is -2.97. The third kappa shape index (κ3) is 4.90. The molecular weight excluding hydrogens is 508 g/mol. The maximum atomic E-state index is 14.6. The van der Waals surface area contributed by atoms with Crippen molar-refractivity contribution in [1.29, 1.82) is 0 Å². The number of esters is 1. The van der Waals surface area contributed by atoms with Crippen molar-refractivity contribution in [2.45, 2.75) is 77.0 Å². The minimum Gasteiger partial charge on any atom is -0.465 e. The monoisotopic (exact) mass is 552 g/mol. The van der Waals surface area contributed by atoms with Crippen LogP contribution < -0.4 is 4.90 Å². The zero-order valence-corrected chi connectivity index (χ0v) is 24.4. The fourth-order valence-electron chi connectivity index (χ4n) is 7.11. The highest BCUT2D eigenvalue weighted by Gasteiger charge is 2.80. The number of ether oxygens (including phenoxy) is 2. The Morgan fingerprint density at radius 1 is 1.23 bits per heavy atom. The number of benzene rings is 1. The zero-order valence-electron chi connectivity index (χ0n) is 24.4. The summed E-state index contributed by atoms with van der Waals surface area (Å²) in [5.41, 5.74) is 0.593. The van der Waals surface area contributed by atoms with Crippen LogP contribution >= 0.6 is 0 Å². The maximum Gasteiger partial charge on any atom is 0.312 e. The number of rotatable bonds is 13. The molecule has 2 amide bonds. The Kier molecular flexibility index (Phi) is 8.90. The number of hydrogen-bond donors (Lipinski definition) is 1. The summed E-state index contributed by atoms with van der Waals surface area (Å²) in [7, 11) is 0. The largest absolute Gasteiger partial charge is 0.465 e. The van der Waals surface area contributed by atoms with Gasteiger partial charge in [0.25, 0.3) is 5.91 Å². The molecule has 2 bridgehead atoms. The number of anilines is 1. The number of aliphatic hydroxyl groups excluding tert-OH is 1. The van der Waals surface area contributed by atoms with Gasteiger partial charge in [0.15, 0.2) is 0 Å². The number of unbranched alkanes of at least 4 members (excludes halogenated alkanes) is 2. The molecule has 0 aromatic heterocycles. The van der Waals surface area contributed by atoms with E-state index in [2.05, 4.69) is 13.2 Å². The molecule has 1 N–H and O–H groups in total. The van der Waals surface area contributed by atoms with Crippen LogP contribution in [-0.4, -0.2) is 71.3 Å². The molecule has 3 aliphatic rings. The highest BCUT2D eigenvalue weighted by molar-refractivity contribution is 6.05. The number of carbonyl (C=O) groups excluding carboxylic acids is 3. The lowest BCUT2D eigenvalue weighted by molar-refractivity contribution is -0.161. The molecule has 8 heteroatoms. The van der Waals surface area contributed by atoms with Crippen molar-refractivity contribution in [3.63, 3.8) is 0 Å². The smallest absolute Gasteiger partial charge is 0.312 e. The van der Waals surface area contributed by atoms with Gasteiger partial charge in [-0.3, -0.25) is 14.4 Å². The summed E-state index contributed by atoms with van der Waals surface area (Å²) in [5.74, 6) is -2.71. The summed E-state index contributed by atoms with van der Waals surface area (Å²) >= 11 is 0. The molecule has 3 aliphatic heterocycles. The standard InChI is InChI=1S/C32H44N2O6/c1-7-9-10-11-18-39-30(38)26-25-28(36)34(16-12-17-35)27(32(25)20-23(5)31(26,6)40-32)29(37)33(15-8-2)24-19-21(3)13-14-22(24)4/h7-8,13-14,19,23,25-27,35H,1-2,9-12,15-18,20H2,3-6H3/t23?,25-,26+,27?,31-,32?/m0/s1. The van der Waals surface area contributed by atoms with E-state index in [1.54, 1.807) is 15.9 Å². The van der Waals surface area contributed by atoms with E-state index in [1.165, 1.54) is 0 Å². The molecule has 0 saturated carbocycles. The van der Waals surface area contributed by atoms with Crippen molar-refractivity contribution >= 4 is 23.5 Å². The normalized spacial score (nSPS) is 30.3. The third-order valence-electron chi connectivity index (χ3n) is 9.14. The highest BCUT2D eigenvalue weighted by Crippen LogP contribution is 2.65. The van der Waals surface area contributed by atoms with Crippen molar-refractivity contribution < 1.29 is 29.0 Å². The highest BCUT2D eigenvalue weighted by atomic mass is 16.6. The Morgan fingerprint density at radius 2 is 1.98 bits per heavy atom. The minimum atomic E-state index is -1.17. The summed E-state index contributed by atoms with van der Waals surface area (Å²) in [5, 5.41) is 9.63. The molecule has 6 atom stereocenters. The molecule has 3 saturated heterocycles. The van der Waals surface area contributed by atoms with Gasteiger partial charge in [-0.25, -0.2) is 0 Å². The van der Waals surface area contributed by atoms with E-state index in [-0.39, 0.29) is 44.0 Å². The first-order chi connectivity index (χ1) is 19.1. The van der Waals surface area contributed by atoms with Gasteiger partial charge in [-0.15, -0.1) is 13.2 Å². The third-order valence-corrected chi connectivity index (χ3v) is 9.14. The summed E-state index contributed by atoms with van der Waals surface area (Å²) in [4.78, 5) is 45.6. The summed E-state index contributed by atoms with van der Waals surface area (Å²) in [6.45, 7) is 16.0. The van der Waals surface area contributed by atoms with E-state index >= 15 is 0 Å². The number of amides is 2. The number of aryl methyl sites for hydroxylation is 2. The number of fused-ring (bicyclic) bond motifs is 1. The van der Waals surface area contributed by atoms with Crippen molar-refractivity contribution in [3.8, 4) is 0 Å². The quantitative estimate of drug-likeness (QED) is 0.225. The Balaban J connectivity index is 1.74. The lowest BCUT2D eigenvalue weighted by atomic mass is 9.62. The number of likely N-dealkylation sites (tertiary alicyclic amines) is 1. The van der Waals surface area contributed by atoms with Crippen LogP contribution in [0.4, 0.5) is 5.69 Å². The molecule has 0 aliphatic carbocycles. The van der Waals surface area contributed by atoms with Crippen LogP contribution in [0.25, 0.3) is 0 Å². The molecule has 3 unspecified atom stereocenters. The molecule has 218 valence electrons. The molecule has 1 spiro atoms. The topological polar surface area (TPSA) is 96.4 Å². The van der Waals surface area contributed by atoms with Gasteiger partial charge in [-0.05, 0) is 76.0 Å². The Morgan fingerprint density at radius 3 is 2.65 bits per heavy atom. The number of allylic oxidation sites excluding steroid dienone is 1. The second kappa shape index (κ2) is 11.9. The molecule has 8 nitrogen and oxygen atoms in total. The van der Waals surface area contributed by atoms with Gasteiger partial charge in [0.1, 0.15) is 17.6 Å². The maximum absolute atomic E-state index is 14.6. The van der Waals surface area contributed by atoms with E-state index in [1.807, 2.05) is 52.0 Å². The molecule has 1 aromatic rings.